The van der Waals surface area contributed by atoms with E-state index in [0.29, 0.717) is 6.54 Å². The van der Waals surface area contributed by atoms with Gasteiger partial charge < -0.3 is 10.3 Å². The zero-order valence-electron chi connectivity index (χ0n) is 19.8. The number of hydrogen-bond donors (Lipinski definition) is 1. The van der Waals surface area contributed by atoms with Crippen LogP contribution >= 0.6 is 0 Å². The number of primary amides is 1. The van der Waals surface area contributed by atoms with Crippen LogP contribution in [0.2, 0.25) is 0 Å². The summed E-state index contributed by atoms with van der Waals surface area (Å²) < 4.78 is 2.15. The molecule has 0 radical (unpaired) electrons. The molecule has 4 aromatic rings. The van der Waals surface area contributed by atoms with Crippen molar-refractivity contribution in [2.24, 2.45) is 5.73 Å². The van der Waals surface area contributed by atoms with Crippen molar-refractivity contribution in [1.82, 2.24) is 9.55 Å². The van der Waals surface area contributed by atoms with E-state index in [-0.39, 0.29) is 17.9 Å². The second-order valence-corrected chi connectivity index (χ2v) is 9.11. The van der Waals surface area contributed by atoms with Gasteiger partial charge in [0.05, 0.1) is 18.3 Å². The summed E-state index contributed by atoms with van der Waals surface area (Å²) in [5, 5.41) is 1.06. The molecule has 5 heteroatoms. The molecule has 2 heterocycles. The van der Waals surface area contributed by atoms with Crippen LogP contribution in [0.25, 0.3) is 11.0 Å². The summed E-state index contributed by atoms with van der Waals surface area (Å²) >= 11 is 0. The van der Waals surface area contributed by atoms with Gasteiger partial charge in [0.2, 0.25) is 0 Å². The summed E-state index contributed by atoms with van der Waals surface area (Å²) in [6.45, 7) is 9.02. The Morgan fingerprint density at radius 1 is 0.909 bits per heavy atom. The first-order valence-corrected chi connectivity index (χ1v) is 11.5. The fraction of sp³-hybridized carbons (Fsp3) is 0.286. The third-order valence-electron chi connectivity index (χ3n) is 6.23. The number of pyridine rings is 1. The van der Waals surface area contributed by atoms with Gasteiger partial charge >= 0.3 is 6.03 Å². The Labute approximate surface area is 195 Å². The second kappa shape index (κ2) is 9.49. The molecule has 0 bridgehead atoms. The number of benzene rings is 2. The van der Waals surface area contributed by atoms with E-state index in [4.69, 9.17) is 5.73 Å². The maximum Gasteiger partial charge on any atom is 0.319 e. The quantitative estimate of drug-likeness (QED) is 0.358. The van der Waals surface area contributed by atoms with Crippen LogP contribution in [-0.2, 0) is 0 Å². The van der Waals surface area contributed by atoms with Gasteiger partial charge in [-0.15, -0.1) is 0 Å². The Morgan fingerprint density at radius 3 is 2.18 bits per heavy atom. The fourth-order valence-electron chi connectivity index (χ4n) is 4.55. The van der Waals surface area contributed by atoms with Gasteiger partial charge in [0.15, 0.2) is 0 Å². The predicted octanol–water partition coefficient (Wildman–Crippen LogP) is 6.46. The van der Waals surface area contributed by atoms with Crippen molar-refractivity contribution in [2.45, 2.75) is 45.6 Å². The number of hydrogen-bond acceptors (Lipinski definition) is 2. The molecule has 5 nitrogen and oxygen atoms in total. The van der Waals surface area contributed by atoms with Gasteiger partial charge in [-0.2, -0.15) is 0 Å². The topological polar surface area (TPSA) is 64.2 Å². The molecule has 2 aromatic heterocycles. The van der Waals surface area contributed by atoms with Crippen molar-refractivity contribution in [1.29, 1.82) is 0 Å². The SMILES string of the molecule is CC(C)c1cccc(C(C)C)c1N(CC(c1ccccc1)n1ccc2cccnc21)C(N)=O. The Balaban J connectivity index is 1.89. The number of amides is 2. The average molecular weight is 441 g/mol. The number of para-hydroxylation sites is 1. The van der Waals surface area contributed by atoms with Crippen LogP contribution in [0.4, 0.5) is 10.5 Å². The fourth-order valence-corrected chi connectivity index (χ4v) is 4.55. The van der Waals surface area contributed by atoms with Crippen molar-refractivity contribution in [2.75, 3.05) is 11.4 Å². The molecule has 0 aliphatic carbocycles. The molecule has 2 amide bonds. The van der Waals surface area contributed by atoms with E-state index in [1.165, 1.54) is 0 Å². The van der Waals surface area contributed by atoms with Crippen LogP contribution in [-0.4, -0.2) is 22.1 Å². The second-order valence-electron chi connectivity index (χ2n) is 9.11. The maximum atomic E-state index is 13.0. The molecule has 0 saturated heterocycles. The Bertz CT molecular complexity index is 1220. The average Bonchev–Trinajstić information content (AvgIpc) is 3.23. The molecule has 0 spiro atoms. The number of nitrogens with two attached hydrogens (primary N) is 1. The lowest BCUT2D eigenvalue weighted by molar-refractivity contribution is 0.253. The Hall–Kier alpha value is -3.60. The van der Waals surface area contributed by atoms with Gasteiger partial charge in [-0.1, -0.05) is 76.2 Å². The molecule has 0 saturated carbocycles. The van der Waals surface area contributed by atoms with E-state index in [0.717, 1.165) is 33.4 Å². The highest BCUT2D eigenvalue weighted by atomic mass is 16.2. The lowest BCUT2D eigenvalue weighted by Crippen LogP contribution is -2.41. The van der Waals surface area contributed by atoms with Crippen LogP contribution < -0.4 is 10.6 Å². The Morgan fingerprint density at radius 2 is 1.58 bits per heavy atom. The number of carbonyl (C=O) groups excluding carboxylic acids is 1. The standard InChI is InChI=1S/C28H32N4O/c1-19(2)23-13-8-14-24(20(3)4)26(23)32(28(29)33)18-25(21-10-6-5-7-11-21)31-17-15-22-12-9-16-30-27(22)31/h5-17,19-20,25H,18H2,1-4H3,(H2,29,33). The molecule has 0 fully saturated rings. The molecule has 0 aliphatic heterocycles. The summed E-state index contributed by atoms with van der Waals surface area (Å²) in [7, 11) is 0. The van der Waals surface area contributed by atoms with Crippen LogP contribution in [0.5, 0.6) is 0 Å². The summed E-state index contributed by atoms with van der Waals surface area (Å²) in [5.74, 6) is 0.509. The first-order valence-electron chi connectivity index (χ1n) is 11.5. The summed E-state index contributed by atoms with van der Waals surface area (Å²) in [6, 6.07) is 22.0. The van der Waals surface area contributed by atoms with Gasteiger partial charge in [-0.25, -0.2) is 9.78 Å². The summed E-state index contributed by atoms with van der Waals surface area (Å²) in [4.78, 5) is 19.4. The molecule has 1 unspecified atom stereocenters. The smallest absolute Gasteiger partial charge is 0.319 e. The van der Waals surface area contributed by atoms with Gasteiger partial charge in [-0.05, 0) is 46.7 Å². The lowest BCUT2D eigenvalue weighted by atomic mass is 9.91. The molecule has 4 rings (SSSR count). The molecule has 2 N–H and O–H groups in total. The van der Waals surface area contributed by atoms with Crippen molar-refractivity contribution in [3.63, 3.8) is 0 Å². The highest BCUT2D eigenvalue weighted by Crippen LogP contribution is 2.37. The largest absolute Gasteiger partial charge is 0.351 e. The minimum atomic E-state index is -0.449. The first kappa shape index (κ1) is 22.6. The van der Waals surface area contributed by atoms with E-state index in [2.05, 4.69) is 79.7 Å². The van der Waals surface area contributed by atoms with E-state index in [9.17, 15) is 4.79 Å². The normalized spacial score (nSPS) is 12.4. The molecular formula is C28H32N4O. The monoisotopic (exact) mass is 440 g/mol. The minimum absolute atomic E-state index is 0.147. The molecule has 0 aliphatic rings. The van der Waals surface area contributed by atoms with Crippen LogP contribution in [0.1, 0.15) is 62.3 Å². The number of nitrogens with zero attached hydrogens (tertiary/aromatic N) is 3. The van der Waals surface area contributed by atoms with Crippen molar-refractivity contribution >= 4 is 22.8 Å². The van der Waals surface area contributed by atoms with Crippen molar-refractivity contribution in [3.05, 3.63) is 95.8 Å². The molecule has 2 aromatic carbocycles. The van der Waals surface area contributed by atoms with Gasteiger partial charge in [0, 0.05) is 17.8 Å². The third-order valence-corrected chi connectivity index (χ3v) is 6.23. The van der Waals surface area contributed by atoms with Crippen molar-refractivity contribution in [3.8, 4) is 0 Å². The number of anilines is 1. The van der Waals surface area contributed by atoms with E-state index in [1.807, 2.05) is 30.5 Å². The number of fused-ring (bicyclic) bond motifs is 1. The Kier molecular flexibility index (Phi) is 6.50. The third kappa shape index (κ3) is 4.49. The molecule has 170 valence electrons. The van der Waals surface area contributed by atoms with Crippen LogP contribution in [0, 0.1) is 0 Å². The van der Waals surface area contributed by atoms with E-state index in [1.54, 1.807) is 11.1 Å². The molecule has 33 heavy (non-hydrogen) atoms. The van der Waals surface area contributed by atoms with Gasteiger partial charge in [0.25, 0.3) is 0 Å². The van der Waals surface area contributed by atoms with Crippen molar-refractivity contribution < 1.29 is 4.79 Å². The zero-order valence-corrected chi connectivity index (χ0v) is 19.8. The summed E-state index contributed by atoms with van der Waals surface area (Å²) in [6.07, 6.45) is 3.85. The van der Waals surface area contributed by atoms with E-state index >= 15 is 0 Å². The number of urea groups is 1. The van der Waals surface area contributed by atoms with Gasteiger partial charge in [0.1, 0.15) is 5.65 Å². The maximum absolute atomic E-state index is 13.0. The number of aromatic nitrogens is 2. The van der Waals surface area contributed by atoms with Gasteiger partial charge in [-0.3, -0.25) is 4.90 Å². The predicted molar refractivity (Wildman–Crippen MR) is 136 cm³/mol. The first-order chi connectivity index (χ1) is 15.9. The number of rotatable bonds is 7. The van der Waals surface area contributed by atoms with E-state index < -0.39 is 6.03 Å². The molecular weight excluding hydrogens is 408 g/mol. The lowest BCUT2D eigenvalue weighted by Gasteiger charge is -2.32. The number of carbonyl (C=O) groups is 1. The van der Waals surface area contributed by atoms with Crippen LogP contribution in [0.15, 0.2) is 79.1 Å². The zero-order chi connectivity index (χ0) is 23.5. The molecule has 1 atom stereocenters. The van der Waals surface area contributed by atoms with Crippen LogP contribution in [0.3, 0.4) is 0 Å². The highest BCUT2D eigenvalue weighted by molar-refractivity contribution is 5.93. The minimum Gasteiger partial charge on any atom is -0.351 e. The summed E-state index contributed by atoms with van der Waals surface area (Å²) in [5.41, 5.74) is 11.2. The highest BCUT2D eigenvalue weighted by Gasteiger charge is 2.27.